The summed E-state index contributed by atoms with van der Waals surface area (Å²) in [4.78, 5) is 22.6. The van der Waals surface area contributed by atoms with Crippen LogP contribution in [0.3, 0.4) is 0 Å². The minimum atomic E-state index is -1.04. The highest BCUT2D eigenvalue weighted by Gasteiger charge is 2.22. The van der Waals surface area contributed by atoms with E-state index >= 15 is 0 Å². The Morgan fingerprint density at radius 1 is 1.37 bits per heavy atom. The van der Waals surface area contributed by atoms with E-state index in [4.69, 9.17) is 16.7 Å². The largest absolute Gasteiger partial charge is 0.480 e. The van der Waals surface area contributed by atoms with Gasteiger partial charge < -0.3 is 10.4 Å². The molecule has 2 N–H and O–H groups in total. The van der Waals surface area contributed by atoms with Gasteiger partial charge in [0.1, 0.15) is 6.04 Å². The first-order valence-electron chi connectivity index (χ1n) is 5.87. The number of rotatable bonds is 5. The van der Waals surface area contributed by atoms with Crippen molar-refractivity contribution >= 4 is 29.6 Å². The molecule has 1 aromatic rings. The summed E-state index contributed by atoms with van der Waals surface area (Å²) in [5.74, 6) is -1.67. The maximum Gasteiger partial charge on any atom is 0.326 e. The Labute approximate surface area is 117 Å². The lowest BCUT2D eigenvalue weighted by Gasteiger charge is -2.16. The number of amides is 1. The summed E-state index contributed by atoms with van der Waals surface area (Å²) >= 11 is 5.82. The molecule has 0 heterocycles. The van der Waals surface area contributed by atoms with Crippen molar-refractivity contribution in [1.82, 2.24) is 5.32 Å². The minimum absolute atomic E-state index is 0.180. The lowest BCUT2D eigenvalue weighted by Crippen LogP contribution is -2.43. The van der Waals surface area contributed by atoms with E-state index in [2.05, 4.69) is 5.32 Å². The highest BCUT2D eigenvalue weighted by molar-refractivity contribution is 6.30. The summed E-state index contributed by atoms with van der Waals surface area (Å²) in [6.07, 6.45) is 2.88. The number of carboxylic acids is 1. The van der Waals surface area contributed by atoms with E-state index < -0.39 is 17.9 Å². The van der Waals surface area contributed by atoms with E-state index in [1.165, 1.54) is 6.08 Å². The van der Waals surface area contributed by atoms with E-state index in [1.807, 2.05) is 0 Å². The van der Waals surface area contributed by atoms with Crippen LogP contribution in [0.4, 0.5) is 0 Å². The number of carboxylic acid groups (broad SMARTS) is 1. The lowest BCUT2D eigenvalue weighted by molar-refractivity contribution is -0.142. The van der Waals surface area contributed by atoms with Crippen molar-refractivity contribution in [3.05, 3.63) is 40.9 Å². The van der Waals surface area contributed by atoms with Crippen LogP contribution >= 0.6 is 11.6 Å². The third-order valence-corrected chi connectivity index (χ3v) is 2.74. The maximum atomic E-state index is 11.6. The van der Waals surface area contributed by atoms with Crippen LogP contribution < -0.4 is 5.32 Å². The van der Waals surface area contributed by atoms with Gasteiger partial charge >= 0.3 is 5.97 Å². The molecule has 0 aliphatic heterocycles. The molecular formula is C14H16ClNO3. The fraction of sp³-hybridized carbons (Fsp3) is 0.286. The molecule has 1 amide bonds. The molecule has 0 aliphatic carbocycles. The zero-order valence-corrected chi connectivity index (χ0v) is 11.5. The average Bonchev–Trinajstić information content (AvgIpc) is 2.32. The molecule has 0 saturated heterocycles. The summed E-state index contributed by atoms with van der Waals surface area (Å²) < 4.78 is 0. The van der Waals surface area contributed by atoms with Gasteiger partial charge in [-0.05, 0) is 29.7 Å². The zero-order chi connectivity index (χ0) is 14.4. The normalized spacial score (nSPS) is 12.6. The molecule has 0 bridgehead atoms. The number of hydrogen-bond donors (Lipinski definition) is 2. The smallest absolute Gasteiger partial charge is 0.326 e. The van der Waals surface area contributed by atoms with Gasteiger partial charge in [0.05, 0.1) is 0 Å². The van der Waals surface area contributed by atoms with Crippen molar-refractivity contribution < 1.29 is 14.7 Å². The Balaban J connectivity index is 2.67. The van der Waals surface area contributed by atoms with Gasteiger partial charge in [0.15, 0.2) is 0 Å². The Hall–Kier alpha value is -1.81. The predicted molar refractivity (Wildman–Crippen MR) is 74.9 cm³/mol. The fourth-order valence-corrected chi connectivity index (χ4v) is 1.70. The summed E-state index contributed by atoms with van der Waals surface area (Å²) in [6.45, 7) is 3.47. The van der Waals surface area contributed by atoms with Gasteiger partial charge in [-0.25, -0.2) is 4.79 Å². The first-order valence-corrected chi connectivity index (χ1v) is 6.25. The molecule has 0 aromatic heterocycles. The average molecular weight is 282 g/mol. The highest BCUT2D eigenvalue weighted by atomic mass is 35.5. The number of carbonyl (C=O) groups is 2. The Kier molecular flexibility index (Phi) is 5.57. The van der Waals surface area contributed by atoms with Crippen molar-refractivity contribution in [2.45, 2.75) is 19.9 Å². The number of halogens is 1. The molecule has 0 spiro atoms. The van der Waals surface area contributed by atoms with Crippen LogP contribution in [0.1, 0.15) is 19.4 Å². The maximum absolute atomic E-state index is 11.6. The SMILES string of the molecule is CC(C)[C@@H](NC(=O)/C=C/c1cccc(Cl)c1)C(=O)O. The van der Waals surface area contributed by atoms with E-state index in [-0.39, 0.29) is 5.92 Å². The van der Waals surface area contributed by atoms with E-state index in [1.54, 1.807) is 44.2 Å². The summed E-state index contributed by atoms with van der Waals surface area (Å²) in [5.41, 5.74) is 0.777. The van der Waals surface area contributed by atoms with Crippen LogP contribution in [-0.4, -0.2) is 23.0 Å². The molecule has 1 aromatic carbocycles. The quantitative estimate of drug-likeness (QED) is 0.815. The van der Waals surface area contributed by atoms with Crippen molar-refractivity contribution in [3.63, 3.8) is 0 Å². The van der Waals surface area contributed by atoms with Crippen LogP contribution in [0.15, 0.2) is 30.3 Å². The number of nitrogens with one attached hydrogen (secondary N) is 1. The number of benzene rings is 1. The zero-order valence-electron chi connectivity index (χ0n) is 10.8. The fourth-order valence-electron chi connectivity index (χ4n) is 1.50. The summed E-state index contributed by atoms with van der Waals surface area (Å²) in [5, 5.41) is 12.0. The summed E-state index contributed by atoms with van der Waals surface area (Å²) in [6, 6.07) is 6.12. The van der Waals surface area contributed by atoms with Crippen LogP contribution in [0.25, 0.3) is 6.08 Å². The first-order chi connectivity index (χ1) is 8.90. The van der Waals surface area contributed by atoms with Crippen molar-refractivity contribution in [1.29, 1.82) is 0 Å². The molecule has 0 radical (unpaired) electrons. The molecule has 1 atom stereocenters. The van der Waals surface area contributed by atoms with Crippen molar-refractivity contribution in [2.24, 2.45) is 5.92 Å². The Morgan fingerprint density at radius 3 is 2.58 bits per heavy atom. The molecule has 4 nitrogen and oxygen atoms in total. The van der Waals surface area contributed by atoms with Crippen LogP contribution in [0.2, 0.25) is 5.02 Å². The number of aliphatic carboxylic acids is 1. The highest BCUT2D eigenvalue weighted by Crippen LogP contribution is 2.11. The lowest BCUT2D eigenvalue weighted by atomic mass is 10.0. The van der Waals surface area contributed by atoms with Gasteiger partial charge in [0.2, 0.25) is 5.91 Å². The predicted octanol–water partition coefficient (Wildman–Crippen LogP) is 2.58. The number of hydrogen-bond acceptors (Lipinski definition) is 2. The standard InChI is InChI=1S/C14H16ClNO3/c1-9(2)13(14(18)19)16-12(17)7-6-10-4-3-5-11(15)8-10/h3-9,13H,1-2H3,(H,16,17)(H,18,19)/b7-6+/t13-/m1/s1. The van der Waals surface area contributed by atoms with Crippen LogP contribution in [-0.2, 0) is 9.59 Å². The molecule has 102 valence electrons. The molecule has 5 heteroatoms. The third kappa shape index (κ3) is 5.14. The van der Waals surface area contributed by atoms with Crippen LogP contribution in [0, 0.1) is 5.92 Å². The second-order valence-electron chi connectivity index (χ2n) is 4.46. The van der Waals surface area contributed by atoms with Gasteiger partial charge in [0.25, 0.3) is 0 Å². The first kappa shape index (κ1) is 15.2. The second kappa shape index (κ2) is 6.95. The molecule has 19 heavy (non-hydrogen) atoms. The third-order valence-electron chi connectivity index (χ3n) is 2.51. The monoisotopic (exact) mass is 281 g/mol. The summed E-state index contributed by atoms with van der Waals surface area (Å²) in [7, 11) is 0. The Bertz CT molecular complexity index is 497. The Morgan fingerprint density at radius 2 is 2.05 bits per heavy atom. The van der Waals surface area contributed by atoms with Crippen molar-refractivity contribution in [3.8, 4) is 0 Å². The van der Waals surface area contributed by atoms with E-state index in [0.29, 0.717) is 5.02 Å². The number of carbonyl (C=O) groups excluding carboxylic acids is 1. The van der Waals surface area contributed by atoms with E-state index in [0.717, 1.165) is 5.56 Å². The topological polar surface area (TPSA) is 66.4 Å². The molecule has 0 saturated carbocycles. The molecule has 0 aliphatic rings. The second-order valence-corrected chi connectivity index (χ2v) is 4.89. The molecule has 0 fully saturated rings. The van der Waals surface area contributed by atoms with Gasteiger partial charge in [-0.1, -0.05) is 37.6 Å². The molecular weight excluding hydrogens is 266 g/mol. The van der Waals surface area contributed by atoms with Gasteiger partial charge in [-0.15, -0.1) is 0 Å². The van der Waals surface area contributed by atoms with Gasteiger partial charge in [0, 0.05) is 11.1 Å². The molecule has 0 unspecified atom stereocenters. The van der Waals surface area contributed by atoms with Gasteiger partial charge in [-0.3, -0.25) is 4.79 Å². The van der Waals surface area contributed by atoms with Gasteiger partial charge in [-0.2, -0.15) is 0 Å². The van der Waals surface area contributed by atoms with E-state index in [9.17, 15) is 9.59 Å². The minimum Gasteiger partial charge on any atom is -0.480 e. The molecule has 1 rings (SSSR count). The van der Waals surface area contributed by atoms with Crippen LogP contribution in [0.5, 0.6) is 0 Å². The van der Waals surface area contributed by atoms with Crippen molar-refractivity contribution in [2.75, 3.05) is 0 Å².